The maximum atomic E-state index is 12.2. The van der Waals surface area contributed by atoms with Gasteiger partial charge < -0.3 is 0 Å². The van der Waals surface area contributed by atoms with E-state index < -0.39 is 10.0 Å². The summed E-state index contributed by atoms with van der Waals surface area (Å²) in [5, 5.41) is 0.0636. The molecule has 16 heavy (non-hydrogen) atoms. The Morgan fingerprint density at radius 1 is 1.25 bits per heavy atom. The Morgan fingerprint density at radius 3 is 2.50 bits per heavy atom. The SMILES string of the molecule is Cc1cc(C)n(S(=O)(=O)c2ccccn2)c1. The molecule has 2 aromatic rings. The fourth-order valence-electron chi connectivity index (χ4n) is 1.58. The van der Waals surface area contributed by atoms with Crippen molar-refractivity contribution < 1.29 is 8.42 Å². The lowest BCUT2D eigenvalue weighted by atomic mass is 10.4. The standard InChI is InChI=1S/C11H12N2O2S/c1-9-7-10(2)13(8-9)16(14,15)11-5-3-4-6-12-11/h3-8H,1-2H3. The van der Waals surface area contributed by atoms with Gasteiger partial charge in [-0.15, -0.1) is 0 Å². The average molecular weight is 236 g/mol. The average Bonchev–Trinajstić information content (AvgIpc) is 2.60. The molecule has 0 amide bonds. The van der Waals surface area contributed by atoms with E-state index in [1.807, 2.05) is 13.0 Å². The molecule has 0 N–H and O–H groups in total. The Kier molecular flexibility index (Phi) is 2.55. The van der Waals surface area contributed by atoms with Gasteiger partial charge >= 0.3 is 0 Å². The summed E-state index contributed by atoms with van der Waals surface area (Å²) in [6.07, 6.45) is 3.07. The van der Waals surface area contributed by atoms with E-state index >= 15 is 0 Å². The van der Waals surface area contributed by atoms with Crippen molar-refractivity contribution in [3.63, 3.8) is 0 Å². The van der Waals surface area contributed by atoms with Gasteiger partial charge in [0.25, 0.3) is 10.0 Å². The predicted molar refractivity (Wildman–Crippen MR) is 60.7 cm³/mol. The monoisotopic (exact) mass is 236 g/mol. The first-order valence-electron chi connectivity index (χ1n) is 4.84. The molecule has 84 valence electrons. The lowest BCUT2D eigenvalue weighted by molar-refractivity contribution is 0.582. The molecule has 2 aromatic heterocycles. The maximum Gasteiger partial charge on any atom is 0.285 e. The number of pyridine rings is 1. The van der Waals surface area contributed by atoms with E-state index in [0.29, 0.717) is 5.69 Å². The predicted octanol–water partition coefficient (Wildman–Crippen LogP) is 1.74. The van der Waals surface area contributed by atoms with E-state index in [9.17, 15) is 8.42 Å². The van der Waals surface area contributed by atoms with Crippen LogP contribution in [0.2, 0.25) is 0 Å². The van der Waals surface area contributed by atoms with E-state index in [1.165, 1.54) is 16.2 Å². The van der Waals surface area contributed by atoms with Crippen molar-refractivity contribution in [2.75, 3.05) is 0 Å². The zero-order chi connectivity index (χ0) is 11.8. The van der Waals surface area contributed by atoms with Gasteiger partial charge in [0.1, 0.15) is 0 Å². The summed E-state index contributed by atoms with van der Waals surface area (Å²) in [5.74, 6) is 0. The van der Waals surface area contributed by atoms with Crippen LogP contribution in [0.3, 0.4) is 0 Å². The fourth-order valence-corrected chi connectivity index (χ4v) is 2.96. The highest BCUT2D eigenvalue weighted by Gasteiger charge is 2.19. The first-order chi connectivity index (χ1) is 7.51. The van der Waals surface area contributed by atoms with Crippen LogP contribution in [-0.2, 0) is 10.0 Å². The van der Waals surface area contributed by atoms with Crippen LogP contribution >= 0.6 is 0 Å². The molecular weight excluding hydrogens is 224 g/mol. The highest BCUT2D eigenvalue weighted by molar-refractivity contribution is 7.89. The van der Waals surface area contributed by atoms with Crippen molar-refractivity contribution in [3.05, 3.63) is 47.9 Å². The van der Waals surface area contributed by atoms with Crippen molar-refractivity contribution in [2.24, 2.45) is 0 Å². The summed E-state index contributed by atoms with van der Waals surface area (Å²) in [4.78, 5) is 3.87. The van der Waals surface area contributed by atoms with Crippen LogP contribution in [0.4, 0.5) is 0 Å². The third-order valence-electron chi connectivity index (χ3n) is 2.27. The molecule has 0 aromatic carbocycles. The Bertz CT molecular complexity index is 600. The van der Waals surface area contributed by atoms with Gasteiger partial charge in [-0.05, 0) is 37.6 Å². The number of aryl methyl sites for hydroxylation is 2. The molecule has 0 spiro atoms. The molecule has 0 saturated carbocycles. The van der Waals surface area contributed by atoms with Crippen LogP contribution < -0.4 is 0 Å². The molecule has 0 aliphatic carbocycles. The van der Waals surface area contributed by atoms with Crippen molar-refractivity contribution in [2.45, 2.75) is 18.9 Å². The van der Waals surface area contributed by atoms with Crippen LogP contribution in [0.15, 0.2) is 41.7 Å². The minimum atomic E-state index is -3.54. The second-order valence-corrected chi connectivity index (χ2v) is 5.39. The lowest BCUT2D eigenvalue weighted by Gasteiger charge is -2.06. The van der Waals surface area contributed by atoms with Crippen LogP contribution in [-0.4, -0.2) is 17.4 Å². The van der Waals surface area contributed by atoms with Crippen molar-refractivity contribution in [3.8, 4) is 0 Å². The molecule has 5 heteroatoms. The van der Waals surface area contributed by atoms with Gasteiger partial charge in [-0.2, -0.15) is 8.42 Å². The highest BCUT2D eigenvalue weighted by atomic mass is 32.2. The third-order valence-corrected chi connectivity index (χ3v) is 3.95. The summed E-state index contributed by atoms with van der Waals surface area (Å²) in [6.45, 7) is 3.62. The summed E-state index contributed by atoms with van der Waals surface area (Å²) in [7, 11) is -3.54. The maximum absolute atomic E-state index is 12.2. The first kappa shape index (κ1) is 10.9. The molecule has 0 aliphatic heterocycles. The van der Waals surface area contributed by atoms with Gasteiger partial charge in [0.05, 0.1) is 0 Å². The molecule has 0 unspecified atom stereocenters. The number of nitrogens with zero attached hydrogens (tertiary/aromatic N) is 2. The fraction of sp³-hybridized carbons (Fsp3) is 0.182. The van der Waals surface area contributed by atoms with Crippen LogP contribution in [0.25, 0.3) is 0 Å². The zero-order valence-corrected chi connectivity index (χ0v) is 9.90. The molecule has 0 aliphatic rings. The summed E-state index contributed by atoms with van der Waals surface area (Å²) >= 11 is 0. The Labute approximate surface area is 94.6 Å². The molecule has 2 heterocycles. The largest absolute Gasteiger partial charge is 0.285 e. The smallest absolute Gasteiger partial charge is 0.245 e. The van der Waals surface area contributed by atoms with Gasteiger partial charge in [-0.3, -0.25) is 0 Å². The summed E-state index contributed by atoms with van der Waals surface area (Å²) in [6, 6.07) is 6.66. The number of rotatable bonds is 2. The van der Waals surface area contributed by atoms with Crippen molar-refractivity contribution in [1.82, 2.24) is 8.96 Å². The minimum Gasteiger partial charge on any atom is -0.245 e. The molecule has 0 radical (unpaired) electrons. The third kappa shape index (κ3) is 1.74. The zero-order valence-electron chi connectivity index (χ0n) is 9.08. The van der Waals surface area contributed by atoms with E-state index in [2.05, 4.69) is 4.98 Å². The van der Waals surface area contributed by atoms with E-state index in [-0.39, 0.29) is 5.03 Å². The molecular formula is C11H12N2O2S. The van der Waals surface area contributed by atoms with E-state index in [1.54, 1.807) is 25.3 Å². The second-order valence-electron chi connectivity index (χ2n) is 3.63. The Morgan fingerprint density at radius 2 is 2.00 bits per heavy atom. The molecule has 0 atom stereocenters. The number of hydrogen-bond donors (Lipinski definition) is 0. The minimum absolute atomic E-state index is 0.0636. The molecule has 2 rings (SSSR count). The van der Waals surface area contributed by atoms with Gasteiger partial charge in [-0.25, -0.2) is 8.96 Å². The van der Waals surface area contributed by atoms with Gasteiger partial charge in [0.15, 0.2) is 5.03 Å². The second kappa shape index (κ2) is 3.75. The topological polar surface area (TPSA) is 52.0 Å². The highest BCUT2D eigenvalue weighted by Crippen LogP contribution is 2.15. The van der Waals surface area contributed by atoms with E-state index in [4.69, 9.17) is 0 Å². The summed E-state index contributed by atoms with van der Waals surface area (Å²) < 4.78 is 25.6. The Hall–Kier alpha value is -1.62. The molecule has 0 bridgehead atoms. The van der Waals surface area contributed by atoms with Crippen LogP contribution in [0.1, 0.15) is 11.3 Å². The quantitative estimate of drug-likeness (QED) is 0.798. The molecule has 0 fully saturated rings. The van der Waals surface area contributed by atoms with Crippen molar-refractivity contribution >= 4 is 10.0 Å². The number of hydrogen-bond acceptors (Lipinski definition) is 3. The van der Waals surface area contributed by atoms with Gasteiger partial charge in [0.2, 0.25) is 0 Å². The first-order valence-corrected chi connectivity index (χ1v) is 6.28. The Balaban J connectivity index is 2.61. The summed E-state index contributed by atoms with van der Waals surface area (Å²) in [5.41, 5.74) is 1.60. The van der Waals surface area contributed by atoms with Crippen LogP contribution in [0.5, 0.6) is 0 Å². The normalized spacial score (nSPS) is 11.6. The van der Waals surface area contributed by atoms with Crippen molar-refractivity contribution in [1.29, 1.82) is 0 Å². The number of aromatic nitrogens is 2. The molecule has 0 saturated heterocycles. The van der Waals surface area contributed by atoms with Crippen LogP contribution in [0, 0.1) is 13.8 Å². The van der Waals surface area contributed by atoms with Gasteiger partial charge in [-0.1, -0.05) is 6.07 Å². The lowest BCUT2D eigenvalue weighted by Crippen LogP contribution is -2.14. The van der Waals surface area contributed by atoms with Gasteiger partial charge in [0, 0.05) is 18.1 Å². The van der Waals surface area contributed by atoms with E-state index in [0.717, 1.165) is 5.56 Å². The molecule has 4 nitrogen and oxygen atoms in total.